The van der Waals surface area contributed by atoms with Crippen LogP contribution in [0.5, 0.6) is 0 Å². The third-order valence-corrected chi connectivity index (χ3v) is 2.80. The number of amides is 1. The number of aromatic nitrogens is 1. The van der Waals surface area contributed by atoms with Crippen LogP contribution < -0.4 is 5.32 Å². The summed E-state index contributed by atoms with van der Waals surface area (Å²) < 4.78 is 13.5. The Bertz CT molecular complexity index is 565. The highest BCUT2D eigenvalue weighted by Crippen LogP contribution is 2.18. The van der Waals surface area contributed by atoms with Gasteiger partial charge in [-0.05, 0) is 31.5 Å². The largest absolute Gasteiger partial charge is 0.396 e. The maximum absolute atomic E-state index is 13.5. The van der Waals surface area contributed by atoms with Gasteiger partial charge in [0.05, 0.1) is 0 Å². The molecule has 96 valence electrons. The van der Waals surface area contributed by atoms with E-state index >= 15 is 0 Å². The van der Waals surface area contributed by atoms with Crippen LogP contribution in [0, 0.1) is 5.82 Å². The molecule has 0 radical (unpaired) electrons. The second kappa shape index (κ2) is 5.18. The van der Waals surface area contributed by atoms with Crippen LogP contribution >= 0.6 is 0 Å². The zero-order valence-corrected chi connectivity index (χ0v) is 10.0. The van der Waals surface area contributed by atoms with Crippen LogP contribution in [0.3, 0.4) is 0 Å². The lowest BCUT2D eigenvalue weighted by atomic mass is 10.2. The molecule has 4 nitrogen and oxygen atoms in total. The Morgan fingerprint density at radius 3 is 3.00 bits per heavy atom. The molecule has 0 saturated heterocycles. The molecule has 2 aromatic rings. The molecule has 0 aliphatic rings. The normalized spacial score (nSPS) is 12.6. The molecule has 1 unspecified atom stereocenters. The maximum Gasteiger partial charge on any atom is 0.267 e. The first-order valence-electron chi connectivity index (χ1n) is 5.80. The van der Waals surface area contributed by atoms with Gasteiger partial charge in [0, 0.05) is 23.6 Å². The van der Waals surface area contributed by atoms with Crippen molar-refractivity contribution in [3.05, 3.63) is 35.8 Å². The summed E-state index contributed by atoms with van der Waals surface area (Å²) in [6.07, 6.45) is 0.486. The van der Waals surface area contributed by atoms with Gasteiger partial charge in [-0.3, -0.25) is 4.79 Å². The molecular formula is C13H15FN2O2. The number of hydrogen-bond donors (Lipinski definition) is 3. The van der Waals surface area contributed by atoms with Gasteiger partial charge in [0.2, 0.25) is 0 Å². The van der Waals surface area contributed by atoms with Crippen LogP contribution in [0.15, 0.2) is 24.3 Å². The Balaban J connectivity index is 2.21. The molecule has 1 amide bonds. The molecule has 1 heterocycles. The van der Waals surface area contributed by atoms with Gasteiger partial charge in [-0.15, -0.1) is 0 Å². The molecule has 1 atom stereocenters. The molecule has 0 bridgehead atoms. The number of carbonyl (C=O) groups excluding carboxylic acids is 1. The van der Waals surface area contributed by atoms with Gasteiger partial charge in [0.1, 0.15) is 11.5 Å². The Morgan fingerprint density at radius 2 is 2.33 bits per heavy atom. The van der Waals surface area contributed by atoms with Gasteiger partial charge in [0.25, 0.3) is 5.91 Å². The number of H-pyrrole nitrogens is 1. The van der Waals surface area contributed by atoms with E-state index in [1.54, 1.807) is 19.1 Å². The number of hydrogen-bond acceptors (Lipinski definition) is 2. The number of rotatable bonds is 4. The van der Waals surface area contributed by atoms with Gasteiger partial charge in [-0.25, -0.2) is 4.39 Å². The summed E-state index contributed by atoms with van der Waals surface area (Å²) in [7, 11) is 0. The zero-order valence-electron chi connectivity index (χ0n) is 10.0. The van der Waals surface area contributed by atoms with Crippen LogP contribution in [0.1, 0.15) is 23.8 Å². The first-order chi connectivity index (χ1) is 8.61. The predicted molar refractivity (Wildman–Crippen MR) is 66.9 cm³/mol. The Hall–Kier alpha value is -1.88. The van der Waals surface area contributed by atoms with Crippen molar-refractivity contribution in [2.45, 2.75) is 19.4 Å². The van der Waals surface area contributed by atoms with Crippen molar-refractivity contribution in [1.29, 1.82) is 0 Å². The number of fused-ring (bicyclic) bond motifs is 1. The first-order valence-corrected chi connectivity index (χ1v) is 5.80. The molecule has 18 heavy (non-hydrogen) atoms. The molecule has 0 fully saturated rings. The van der Waals surface area contributed by atoms with Crippen molar-refractivity contribution < 1.29 is 14.3 Å². The average molecular weight is 250 g/mol. The van der Waals surface area contributed by atoms with Crippen LogP contribution in [-0.2, 0) is 0 Å². The first kappa shape index (κ1) is 12.6. The van der Waals surface area contributed by atoms with Crippen LogP contribution in [0.4, 0.5) is 4.39 Å². The molecule has 0 saturated carbocycles. The summed E-state index contributed by atoms with van der Waals surface area (Å²) in [5.74, 6) is -0.655. The van der Waals surface area contributed by atoms with E-state index in [-0.39, 0.29) is 24.4 Å². The monoisotopic (exact) mass is 250 g/mol. The van der Waals surface area contributed by atoms with E-state index in [0.717, 1.165) is 0 Å². The van der Waals surface area contributed by atoms with E-state index < -0.39 is 0 Å². The third kappa shape index (κ3) is 2.51. The lowest BCUT2D eigenvalue weighted by Gasteiger charge is -2.11. The van der Waals surface area contributed by atoms with Gasteiger partial charge < -0.3 is 15.4 Å². The van der Waals surface area contributed by atoms with E-state index in [2.05, 4.69) is 10.3 Å². The number of benzene rings is 1. The molecule has 0 aliphatic carbocycles. The zero-order chi connectivity index (χ0) is 13.1. The smallest absolute Gasteiger partial charge is 0.267 e. The quantitative estimate of drug-likeness (QED) is 0.774. The lowest BCUT2D eigenvalue weighted by molar-refractivity contribution is 0.0930. The van der Waals surface area contributed by atoms with E-state index in [9.17, 15) is 9.18 Å². The van der Waals surface area contributed by atoms with E-state index in [1.807, 2.05) is 0 Å². The maximum atomic E-state index is 13.5. The summed E-state index contributed by atoms with van der Waals surface area (Å²) in [5.41, 5.74) is 0.912. The number of aliphatic hydroxyl groups is 1. The number of carbonyl (C=O) groups is 1. The highest BCUT2D eigenvalue weighted by atomic mass is 19.1. The number of aliphatic hydroxyl groups excluding tert-OH is 1. The Kier molecular flexibility index (Phi) is 3.62. The molecule has 1 aromatic carbocycles. The molecular weight excluding hydrogens is 235 g/mol. The van der Waals surface area contributed by atoms with Crippen molar-refractivity contribution in [2.24, 2.45) is 0 Å². The molecule has 1 aromatic heterocycles. The third-order valence-electron chi connectivity index (χ3n) is 2.80. The van der Waals surface area contributed by atoms with E-state index in [1.165, 1.54) is 12.1 Å². The highest BCUT2D eigenvalue weighted by molar-refractivity contribution is 5.98. The standard InChI is InChI=1S/C13H15FN2O2/c1-8(5-6-17)15-13(18)12-7-9-10(14)3-2-4-11(9)16-12/h2-4,7-8,16-17H,5-6H2,1H3,(H,15,18). The lowest BCUT2D eigenvalue weighted by Crippen LogP contribution is -2.33. The van der Waals surface area contributed by atoms with E-state index in [0.29, 0.717) is 23.0 Å². The minimum Gasteiger partial charge on any atom is -0.396 e. The van der Waals surface area contributed by atoms with Crippen molar-refractivity contribution >= 4 is 16.8 Å². The molecule has 2 rings (SSSR count). The number of nitrogens with one attached hydrogen (secondary N) is 2. The van der Waals surface area contributed by atoms with Crippen molar-refractivity contribution in [3.63, 3.8) is 0 Å². The molecule has 3 N–H and O–H groups in total. The van der Waals surface area contributed by atoms with Gasteiger partial charge in [0.15, 0.2) is 0 Å². The van der Waals surface area contributed by atoms with Crippen molar-refractivity contribution in [3.8, 4) is 0 Å². The minimum atomic E-state index is -0.355. The second-order valence-electron chi connectivity index (χ2n) is 4.27. The van der Waals surface area contributed by atoms with E-state index in [4.69, 9.17) is 5.11 Å². The summed E-state index contributed by atoms with van der Waals surface area (Å²) in [6, 6.07) is 6.02. The van der Waals surface area contributed by atoms with Gasteiger partial charge in [-0.2, -0.15) is 0 Å². The van der Waals surface area contributed by atoms with Crippen molar-refractivity contribution in [1.82, 2.24) is 10.3 Å². The summed E-state index contributed by atoms with van der Waals surface area (Å²) in [6.45, 7) is 1.82. The fraction of sp³-hybridized carbons (Fsp3) is 0.308. The minimum absolute atomic E-state index is 0.0166. The molecule has 5 heteroatoms. The second-order valence-corrected chi connectivity index (χ2v) is 4.27. The number of aromatic amines is 1. The van der Waals surface area contributed by atoms with Gasteiger partial charge in [-0.1, -0.05) is 6.07 Å². The Labute approximate surface area is 104 Å². The van der Waals surface area contributed by atoms with Crippen molar-refractivity contribution in [2.75, 3.05) is 6.61 Å². The predicted octanol–water partition coefficient (Wildman–Crippen LogP) is 1.81. The SMILES string of the molecule is CC(CCO)NC(=O)c1cc2c(F)cccc2[nH]1. The fourth-order valence-corrected chi connectivity index (χ4v) is 1.81. The Morgan fingerprint density at radius 1 is 1.56 bits per heavy atom. The van der Waals surface area contributed by atoms with Crippen LogP contribution in [0.2, 0.25) is 0 Å². The summed E-state index contributed by atoms with van der Waals surface area (Å²) in [4.78, 5) is 14.7. The molecule has 0 aliphatic heterocycles. The average Bonchev–Trinajstić information content (AvgIpc) is 2.74. The number of halogens is 1. The summed E-state index contributed by atoms with van der Waals surface area (Å²) >= 11 is 0. The van der Waals surface area contributed by atoms with Crippen LogP contribution in [0.25, 0.3) is 10.9 Å². The van der Waals surface area contributed by atoms with Gasteiger partial charge >= 0.3 is 0 Å². The molecule has 0 spiro atoms. The fourth-order valence-electron chi connectivity index (χ4n) is 1.81. The summed E-state index contributed by atoms with van der Waals surface area (Å²) in [5, 5.41) is 11.9. The highest BCUT2D eigenvalue weighted by Gasteiger charge is 2.13. The topological polar surface area (TPSA) is 65.1 Å². The van der Waals surface area contributed by atoms with Crippen LogP contribution in [-0.4, -0.2) is 28.6 Å².